The van der Waals surface area contributed by atoms with Gasteiger partial charge in [-0.2, -0.15) is 10.2 Å². The van der Waals surface area contributed by atoms with Gasteiger partial charge in [-0.15, -0.1) is 0 Å². The van der Waals surface area contributed by atoms with Gasteiger partial charge in [-0.25, -0.2) is 0 Å². The summed E-state index contributed by atoms with van der Waals surface area (Å²) in [6.45, 7) is 17.3. The van der Waals surface area contributed by atoms with Crippen LogP contribution in [0.4, 0.5) is 0 Å². The molecule has 2 aromatic heterocycles. The van der Waals surface area contributed by atoms with Gasteiger partial charge in [0.25, 0.3) is 0 Å². The molecule has 0 unspecified atom stereocenters. The van der Waals surface area contributed by atoms with Gasteiger partial charge >= 0.3 is 0 Å². The summed E-state index contributed by atoms with van der Waals surface area (Å²) >= 11 is 0. The first kappa shape index (κ1) is 18.5. The third kappa shape index (κ3) is 5.00. The van der Waals surface area contributed by atoms with Crippen LogP contribution in [0, 0.1) is 0 Å². The van der Waals surface area contributed by atoms with E-state index in [1.54, 1.807) is 0 Å². The zero-order valence-corrected chi connectivity index (χ0v) is 15.4. The molecule has 0 radical (unpaired) electrons. The molecule has 0 aliphatic heterocycles. The second kappa shape index (κ2) is 8.16. The molecule has 2 aromatic rings. The first-order valence-electron chi connectivity index (χ1n) is 8.32. The Morgan fingerprint density at radius 1 is 0.818 bits per heavy atom. The van der Waals surface area contributed by atoms with Crippen molar-refractivity contribution in [3.63, 3.8) is 0 Å². The van der Waals surface area contributed by atoms with E-state index in [1.165, 1.54) is 11.4 Å². The molecule has 0 amide bonds. The van der Waals surface area contributed by atoms with Crippen molar-refractivity contribution >= 4 is 0 Å². The van der Waals surface area contributed by atoms with E-state index < -0.39 is 0 Å². The maximum atomic E-state index is 4.43. The van der Waals surface area contributed by atoms with Crippen LogP contribution in [0.25, 0.3) is 0 Å². The fourth-order valence-electron chi connectivity index (χ4n) is 2.16. The summed E-state index contributed by atoms with van der Waals surface area (Å²) in [6, 6.07) is 5.12. The lowest BCUT2D eigenvalue weighted by Gasteiger charge is -2.12. The maximum absolute atomic E-state index is 4.43. The van der Waals surface area contributed by atoms with Gasteiger partial charge in [0.1, 0.15) is 0 Å². The van der Waals surface area contributed by atoms with Gasteiger partial charge in [0.15, 0.2) is 0 Å². The molecule has 124 valence electrons. The van der Waals surface area contributed by atoms with E-state index in [9.17, 15) is 0 Å². The van der Waals surface area contributed by atoms with Crippen LogP contribution in [-0.2, 0) is 0 Å². The van der Waals surface area contributed by atoms with Crippen molar-refractivity contribution < 1.29 is 0 Å². The van der Waals surface area contributed by atoms with E-state index in [1.807, 2.05) is 17.1 Å². The Hall–Kier alpha value is -1.58. The molecule has 4 heteroatoms. The molecule has 0 saturated heterocycles. The van der Waals surface area contributed by atoms with Crippen molar-refractivity contribution in [2.75, 3.05) is 0 Å². The highest BCUT2D eigenvalue weighted by atomic mass is 15.3. The zero-order valence-electron chi connectivity index (χ0n) is 15.4. The SMILES string of the molecule is CC(C)c1ccn(C(C)C)n1.CC(C)c1ccnn1C(C)C. The standard InChI is InChI=1S/2C9H16N2/c1-7(2)9-5-6-11(10-9)8(3)4;1-7(2)9-5-6-10-11(9)8(3)4/h2*5-8H,1-4H3. The third-order valence-electron chi connectivity index (χ3n) is 3.53. The normalized spacial score (nSPS) is 11.5. The summed E-state index contributed by atoms with van der Waals surface area (Å²) in [7, 11) is 0. The van der Waals surface area contributed by atoms with E-state index in [-0.39, 0.29) is 0 Å². The van der Waals surface area contributed by atoms with Crippen molar-refractivity contribution in [2.24, 2.45) is 0 Å². The molecular weight excluding hydrogens is 272 g/mol. The van der Waals surface area contributed by atoms with E-state index in [0.717, 1.165) is 0 Å². The summed E-state index contributed by atoms with van der Waals surface area (Å²) in [5, 5.41) is 8.68. The first-order chi connectivity index (χ1) is 10.2. The van der Waals surface area contributed by atoms with Gasteiger partial charge in [-0.3, -0.25) is 9.36 Å². The molecule has 0 saturated carbocycles. The van der Waals surface area contributed by atoms with Crippen LogP contribution >= 0.6 is 0 Å². The summed E-state index contributed by atoms with van der Waals surface area (Å²) in [6.07, 6.45) is 3.91. The van der Waals surface area contributed by atoms with E-state index in [2.05, 4.69) is 82.4 Å². The monoisotopic (exact) mass is 304 g/mol. The lowest BCUT2D eigenvalue weighted by molar-refractivity contribution is 0.498. The summed E-state index contributed by atoms with van der Waals surface area (Å²) in [5.41, 5.74) is 2.50. The Morgan fingerprint density at radius 3 is 1.77 bits per heavy atom. The van der Waals surface area contributed by atoms with Gasteiger partial charge < -0.3 is 0 Å². The average molecular weight is 304 g/mol. The number of aromatic nitrogens is 4. The average Bonchev–Trinajstić information content (AvgIpc) is 3.09. The predicted octanol–water partition coefficient (Wildman–Crippen LogP) is 5.17. The topological polar surface area (TPSA) is 35.6 Å². The lowest BCUT2D eigenvalue weighted by Crippen LogP contribution is -2.08. The molecule has 0 spiro atoms. The molecule has 0 aromatic carbocycles. The van der Waals surface area contributed by atoms with Crippen molar-refractivity contribution in [3.05, 3.63) is 35.9 Å². The molecule has 2 heterocycles. The van der Waals surface area contributed by atoms with Gasteiger partial charge in [-0.1, -0.05) is 27.7 Å². The minimum Gasteiger partial charge on any atom is -0.270 e. The van der Waals surface area contributed by atoms with Crippen molar-refractivity contribution in [1.82, 2.24) is 19.6 Å². The van der Waals surface area contributed by atoms with E-state index in [0.29, 0.717) is 23.9 Å². The minimum atomic E-state index is 0.474. The van der Waals surface area contributed by atoms with Crippen LogP contribution in [0.1, 0.15) is 90.7 Å². The van der Waals surface area contributed by atoms with Crippen LogP contribution in [-0.4, -0.2) is 19.6 Å². The molecule has 0 fully saturated rings. The Balaban J connectivity index is 0.000000220. The Kier molecular flexibility index (Phi) is 6.85. The maximum Gasteiger partial charge on any atom is 0.0650 e. The third-order valence-corrected chi connectivity index (χ3v) is 3.53. The minimum absolute atomic E-state index is 0.474. The molecule has 0 aliphatic carbocycles. The van der Waals surface area contributed by atoms with Gasteiger partial charge in [-0.05, 0) is 51.7 Å². The highest BCUT2D eigenvalue weighted by Crippen LogP contribution is 2.16. The zero-order chi connectivity index (χ0) is 16.9. The van der Waals surface area contributed by atoms with Crippen molar-refractivity contribution in [2.45, 2.75) is 79.3 Å². The largest absolute Gasteiger partial charge is 0.270 e. The summed E-state index contributed by atoms with van der Waals surface area (Å²) in [5.74, 6) is 1.11. The highest BCUT2D eigenvalue weighted by molar-refractivity contribution is 5.06. The van der Waals surface area contributed by atoms with Gasteiger partial charge in [0.05, 0.1) is 5.69 Å². The number of hydrogen-bond donors (Lipinski definition) is 0. The van der Waals surface area contributed by atoms with Crippen LogP contribution < -0.4 is 0 Å². The quantitative estimate of drug-likeness (QED) is 0.780. The predicted molar refractivity (Wildman–Crippen MR) is 93.4 cm³/mol. The molecule has 22 heavy (non-hydrogen) atoms. The van der Waals surface area contributed by atoms with Crippen LogP contribution in [0.3, 0.4) is 0 Å². The Labute approximate surface area is 135 Å². The van der Waals surface area contributed by atoms with E-state index >= 15 is 0 Å². The summed E-state index contributed by atoms with van der Waals surface area (Å²) < 4.78 is 4.07. The fraction of sp³-hybridized carbons (Fsp3) is 0.667. The second-order valence-corrected chi connectivity index (χ2v) is 6.92. The molecule has 4 nitrogen and oxygen atoms in total. The highest BCUT2D eigenvalue weighted by Gasteiger charge is 2.08. The molecule has 2 rings (SSSR count). The van der Waals surface area contributed by atoms with Crippen molar-refractivity contribution in [1.29, 1.82) is 0 Å². The number of nitrogens with zero attached hydrogens (tertiary/aromatic N) is 4. The number of hydrogen-bond acceptors (Lipinski definition) is 2. The van der Waals surface area contributed by atoms with Crippen LogP contribution in [0.15, 0.2) is 24.5 Å². The lowest BCUT2D eigenvalue weighted by atomic mass is 10.1. The van der Waals surface area contributed by atoms with Crippen LogP contribution in [0.2, 0.25) is 0 Å². The Bertz CT molecular complexity index is 502. The van der Waals surface area contributed by atoms with Crippen LogP contribution in [0.5, 0.6) is 0 Å². The molecule has 0 atom stereocenters. The second-order valence-electron chi connectivity index (χ2n) is 6.92. The van der Waals surface area contributed by atoms with Gasteiger partial charge in [0.2, 0.25) is 0 Å². The molecule has 0 N–H and O–H groups in total. The molecule has 0 bridgehead atoms. The fourth-order valence-corrected chi connectivity index (χ4v) is 2.16. The molecule has 0 aliphatic rings. The summed E-state index contributed by atoms with van der Waals surface area (Å²) in [4.78, 5) is 0. The van der Waals surface area contributed by atoms with Gasteiger partial charge in [0, 0.05) is 30.2 Å². The number of rotatable bonds is 4. The smallest absolute Gasteiger partial charge is 0.0650 e. The first-order valence-corrected chi connectivity index (χ1v) is 8.32. The van der Waals surface area contributed by atoms with E-state index in [4.69, 9.17) is 0 Å². The Morgan fingerprint density at radius 2 is 1.45 bits per heavy atom. The molecular formula is C18H32N4. The van der Waals surface area contributed by atoms with Crippen molar-refractivity contribution in [3.8, 4) is 0 Å².